The Morgan fingerprint density at radius 3 is 2.42 bits per heavy atom. The number of hydrogen-bond acceptors (Lipinski definition) is 6. The summed E-state index contributed by atoms with van der Waals surface area (Å²) in [5, 5.41) is 3.98. The monoisotopic (exact) mass is 319 g/mol. The van der Waals surface area contributed by atoms with E-state index in [1.54, 1.807) is 0 Å². The molecule has 5 nitrogen and oxygen atoms in total. The van der Waals surface area contributed by atoms with Gasteiger partial charge in [-0.1, -0.05) is 41.9 Å². The van der Waals surface area contributed by atoms with Gasteiger partial charge in [-0.2, -0.15) is 0 Å². The summed E-state index contributed by atoms with van der Waals surface area (Å²) in [5.41, 5.74) is 0.790. The van der Waals surface area contributed by atoms with Gasteiger partial charge < -0.3 is 18.1 Å². The highest BCUT2D eigenvalue weighted by atomic mass is 35.5. The molecule has 0 atom stereocenters. The van der Waals surface area contributed by atoms with Crippen LogP contribution in [0.3, 0.4) is 0 Å². The summed E-state index contributed by atoms with van der Waals surface area (Å²) in [7, 11) is 2.80. The second-order valence-corrected chi connectivity index (χ2v) is 6.93. The largest absolute Gasteiger partial charge is 0.401 e. The SMILES string of the molecule is COP(=S)(OC)Oc1noc(-c2ccccc2)c1Cl. The van der Waals surface area contributed by atoms with E-state index in [-0.39, 0.29) is 10.9 Å². The third-order valence-electron chi connectivity index (χ3n) is 2.29. The molecule has 1 aromatic heterocycles. The minimum Gasteiger partial charge on any atom is -0.401 e. The van der Waals surface area contributed by atoms with Crippen LogP contribution in [0.1, 0.15) is 0 Å². The Kier molecular flexibility index (Phi) is 4.60. The van der Waals surface area contributed by atoms with Crippen LogP contribution in [-0.2, 0) is 20.9 Å². The zero-order valence-electron chi connectivity index (χ0n) is 10.2. The van der Waals surface area contributed by atoms with Crippen LogP contribution in [0.15, 0.2) is 34.9 Å². The molecule has 0 aliphatic rings. The fourth-order valence-electron chi connectivity index (χ4n) is 1.35. The number of nitrogens with zero attached hydrogens (tertiary/aromatic N) is 1. The second-order valence-electron chi connectivity index (χ2n) is 3.40. The summed E-state index contributed by atoms with van der Waals surface area (Å²) in [6.45, 7) is -2.88. The molecule has 19 heavy (non-hydrogen) atoms. The van der Waals surface area contributed by atoms with Crippen molar-refractivity contribution in [2.45, 2.75) is 0 Å². The highest BCUT2D eigenvalue weighted by Gasteiger charge is 2.25. The van der Waals surface area contributed by atoms with E-state index >= 15 is 0 Å². The molecule has 0 unspecified atom stereocenters. The fraction of sp³-hybridized carbons (Fsp3) is 0.182. The first kappa shape index (κ1) is 14.5. The average Bonchev–Trinajstić information content (AvgIpc) is 2.81. The van der Waals surface area contributed by atoms with Gasteiger partial charge in [0, 0.05) is 31.6 Å². The van der Waals surface area contributed by atoms with Crippen LogP contribution < -0.4 is 4.52 Å². The highest BCUT2D eigenvalue weighted by Crippen LogP contribution is 2.50. The van der Waals surface area contributed by atoms with Gasteiger partial charge in [-0.3, -0.25) is 0 Å². The topological polar surface area (TPSA) is 53.7 Å². The van der Waals surface area contributed by atoms with Gasteiger partial charge in [-0.25, -0.2) is 0 Å². The Morgan fingerprint density at radius 2 is 1.84 bits per heavy atom. The van der Waals surface area contributed by atoms with E-state index in [4.69, 9.17) is 41.5 Å². The molecule has 0 aliphatic heterocycles. The molecule has 102 valence electrons. The summed E-state index contributed by atoms with van der Waals surface area (Å²) in [4.78, 5) is 0. The molecular weight excluding hydrogens is 309 g/mol. The van der Waals surface area contributed by atoms with E-state index in [1.165, 1.54) is 14.2 Å². The van der Waals surface area contributed by atoms with Crippen LogP contribution in [0.5, 0.6) is 5.88 Å². The molecule has 2 rings (SSSR count). The van der Waals surface area contributed by atoms with Crippen LogP contribution in [0.2, 0.25) is 5.02 Å². The smallest absolute Gasteiger partial charge is 0.381 e. The van der Waals surface area contributed by atoms with Crippen molar-refractivity contribution < 1.29 is 18.1 Å². The van der Waals surface area contributed by atoms with Crippen LogP contribution in [-0.4, -0.2) is 19.4 Å². The molecule has 0 aliphatic carbocycles. The Hall–Kier alpha value is -0.910. The summed E-state index contributed by atoms with van der Waals surface area (Å²) in [5.74, 6) is 0.471. The maximum Gasteiger partial charge on any atom is 0.381 e. The summed E-state index contributed by atoms with van der Waals surface area (Å²) < 4.78 is 20.6. The molecular formula is C11H11ClNO4PS. The van der Waals surface area contributed by atoms with Crippen molar-refractivity contribution in [2.75, 3.05) is 14.2 Å². The average molecular weight is 320 g/mol. The second kappa shape index (κ2) is 6.03. The maximum absolute atomic E-state index is 6.16. The number of rotatable bonds is 5. The lowest BCUT2D eigenvalue weighted by molar-refractivity contribution is 0.264. The lowest BCUT2D eigenvalue weighted by Gasteiger charge is -2.15. The molecule has 2 aromatic rings. The zero-order chi connectivity index (χ0) is 13.9. The summed E-state index contributed by atoms with van der Waals surface area (Å²) >= 11 is 11.2. The Labute approximate surface area is 120 Å². The van der Waals surface area contributed by atoms with E-state index in [2.05, 4.69) is 5.16 Å². The van der Waals surface area contributed by atoms with E-state index in [0.29, 0.717) is 5.76 Å². The normalized spacial score (nSPS) is 11.5. The maximum atomic E-state index is 6.16. The molecule has 0 N–H and O–H groups in total. The third-order valence-corrected chi connectivity index (χ3v) is 5.03. The highest BCUT2D eigenvalue weighted by molar-refractivity contribution is 8.07. The molecule has 8 heteroatoms. The lowest BCUT2D eigenvalue weighted by atomic mass is 10.2. The minimum atomic E-state index is -2.88. The van der Waals surface area contributed by atoms with Crippen molar-refractivity contribution in [3.05, 3.63) is 35.4 Å². The molecule has 0 bridgehead atoms. The van der Waals surface area contributed by atoms with Gasteiger partial charge >= 0.3 is 6.72 Å². The third kappa shape index (κ3) is 3.16. The summed E-state index contributed by atoms with van der Waals surface area (Å²) in [6.07, 6.45) is 0. The predicted octanol–water partition coefficient (Wildman–Crippen LogP) is 3.89. The van der Waals surface area contributed by atoms with Gasteiger partial charge in [0.2, 0.25) is 0 Å². The summed E-state index contributed by atoms with van der Waals surface area (Å²) in [6, 6.07) is 9.31. The number of halogens is 1. The van der Waals surface area contributed by atoms with E-state index in [9.17, 15) is 0 Å². The molecule has 0 saturated heterocycles. The van der Waals surface area contributed by atoms with Crippen molar-refractivity contribution in [1.29, 1.82) is 0 Å². The minimum absolute atomic E-state index is 0.0625. The van der Waals surface area contributed by atoms with Gasteiger partial charge in [0.1, 0.15) is 0 Å². The van der Waals surface area contributed by atoms with E-state index in [0.717, 1.165) is 5.56 Å². The first-order valence-corrected chi connectivity index (χ1v) is 8.14. The first-order valence-electron chi connectivity index (χ1n) is 5.21. The van der Waals surface area contributed by atoms with Gasteiger partial charge in [-0.15, -0.1) is 0 Å². The fourth-order valence-corrected chi connectivity index (χ4v) is 2.46. The number of hydrogen-bond donors (Lipinski definition) is 0. The molecule has 0 fully saturated rings. The predicted molar refractivity (Wildman–Crippen MR) is 75.9 cm³/mol. The quantitative estimate of drug-likeness (QED) is 0.779. The zero-order valence-corrected chi connectivity index (χ0v) is 12.7. The Balaban J connectivity index is 2.32. The lowest BCUT2D eigenvalue weighted by Crippen LogP contribution is -1.97. The van der Waals surface area contributed by atoms with Gasteiger partial charge in [0.25, 0.3) is 5.88 Å². The van der Waals surface area contributed by atoms with Crippen LogP contribution in [0.25, 0.3) is 11.3 Å². The Morgan fingerprint density at radius 1 is 1.21 bits per heavy atom. The van der Waals surface area contributed by atoms with Crippen molar-refractivity contribution in [2.24, 2.45) is 0 Å². The van der Waals surface area contributed by atoms with Crippen LogP contribution in [0.4, 0.5) is 0 Å². The van der Waals surface area contributed by atoms with Crippen LogP contribution in [0, 0.1) is 0 Å². The van der Waals surface area contributed by atoms with Crippen molar-refractivity contribution in [3.8, 4) is 17.2 Å². The number of benzene rings is 1. The molecule has 0 saturated carbocycles. The van der Waals surface area contributed by atoms with Gasteiger partial charge in [0.15, 0.2) is 10.8 Å². The van der Waals surface area contributed by atoms with Crippen molar-refractivity contribution in [1.82, 2.24) is 5.16 Å². The Bertz CT molecular complexity index is 596. The van der Waals surface area contributed by atoms with Crippen LogP contribution >= 0.6 is 18.3 Å². The molecule has 1 aromatic carbocycles. The molecule has 1 heterocycles. The van der Waals surface area contributed by atoms with Crippen molar-refractivity contribution >= 4 is 30.1 Å². The van der Waals surface area contributed by atoms with Gasteiger partial charge in [-0.05, 0) is 5.16 Å². The first-order chi connectivity index (χ1) is 9.09. The van der Waals surface area contributed by atoms with E-state index < -0.39 is 6.72 Å². The molecule has 0 amide bonds. The standard InChI is InChI=1S/C11H11ClNO4PS/c1-14-18(19,15-2)17-11-9(12)10(16-13-11)8-6-4-3-5-7-8/h3-7H,1-2H3. The number of aromatic nitrogens is 1. The molecule has 0 spiro atoms. The van der Waals surface area contributed by atoms with Gasteiger partial charge in [0.05, 0.1) is 0 Å². The molecule has 0 radical (unpaired) electrons. The van der Waals surface area contributed by atoms with Crippen molar-refractivity contribution in [3.63, 3.8) is 0 Å². The van der Waals surface area contributed by atoms with E-state index in [1.807, 2.05) is 30.3 Å².